The van der Waals surface area contributed by atoms with Crippen molar-refractivity contribution in [1.82, 2.24) is 4.90 Å². The molecule has 2 aromatic carbocycles. The molecule has 2 unspecified atom stereocenters. The van der Waals surface area contributed by atoms with Crippen molar-refractivity contribution >= 4 is 23.2 Å². The van der Waals surface area contributed by atoms with Crippen molar-refractivity contribution in [1.29, 1.82) is 0 Å². The number of nitrogens with one attached hydrogen (secondary N) is 2. The van der Waals surface area contributed by atoms with Crippen LogP contribution in [0.1, 0.15) is 30.1 Å². The summed E-state index contributed by atoms with van der Waals surface area (Å²) in [5.74, 6) is 0.250. The molecular formula is C23H29N3O4. The number of anilines is 2. The van der Waals surface area contributed by atoms with Gasteiger partial charge in [0.25, 0.3) is 5.91 Å². The highest BCUT2D eigenvalue weighted by atomic mass is 16.5. The minimum absolute atomic E-state index is 0.0956. The lowest BCUT2D eigenvalue weighted by atomic mass is 10.1. The fraction of sp³-hybridized carbons (Fsp3) is 0.391. The van der Waals surface area contributed by atoms with Gasteiger partial charge in [-0.05, 0) is 63.2 Å². The molecule has 1 fully saturated rings. The quantitative estimate of drug-likeness (QED) is 0.696. The molecule has 0 bridgehead atoms. The predicted molar refractivity (Wildman–Crippen MR) is 117 cm³/mol. The Kier molecular flexibility index (Phi) is 7.43. The van der Waals surface area contributed by atoms with Crippen molar-refractivity contribution in [2.75, 3.05) is 37.9 Å². The summed E-state index contributed by atoms with van der Waals surface area (Å²) in [4.78, 5) is 27.1. The zero-order valence-electron chi connectivity index (χ0n) is 17.7. The number of likely N-dealkylation sites (N-methyl/N-ethyl adjacent to an activating group) is 1. The summed E-state index contributed by atoms with van der Waals surface area (Å²) in [7, 11) is 3.49. The molecule has 30 heavy (non-hydrogen) atoms. The molecule has 1 aliphatic heterocycles. The average Bonchev–Trinajstić information content (AvgIpc) is 3.27. The smallest absolute Gasteiger partial charge is 0.255 e. The van der Waals surface area contributed by atoms with Crippen LogP contribution in [0, 0.1) is 0 Å². The molecule has 7 nitrogen and oxygen atoms in total. The molecule has 0 radical (unpaired) electrons. The van der Waals surface area contributed by atoms with Crippen molar-refractivity contribution in [3.8, 4) is 5.75 Å². The summed E-state index contributed by atoms with van der Waals surface area (Å²) in [5, 5.41) is 5.74. The molecule has 1 aliphatic rings. The molecule has 0 aliphatic carbocycles. The first kappa shape index (κ1) is 21.8. The van der Waals surface area contributed by atoms with Crippen LogP contribution < -0.4 is 15.4 Å². The molecule has 2 atom stereocenters. The largest absolute Gasteiger partial charge is 0.495 e. The third-order valence-electron chi connectivity index (χ3n) is 5.33. The molecule has 3 rings (SSSR count). The minimum atomic E-state index is -0.289. The normalized spacial score (nSPS) is 16.9. The van der Waals surface area contributed by atoms with Gasteiger partial charge in [0.1, 0.15) is 5.75 Å². The van der Waals surface area contributed by atoms with Crippen LogP contribution in [0.15, 0.2) is 48.5 Å². The number of carbonyl (C=O) groups is 2. The SMILES string of the molecule is COc1ccccc1NC(=O)c1ccc(NC(=O)C(C)N(C)CC2CCCO2)cc1. The number of amides is 2. The van der Waals surface area contributed by atoms with Gasteiger partial charge >= 0.3 is 0 Å². The van der Waals surface area contributed by atoms with Gasteiger partial charge < -0.3 is 20.1 Å². The van der Waals surface area contributed by atoms with Crippen LogP contribution in [-0.2, 0) is 9.53 Å². The van der Waals surface area contributed by atoms with Crippen LogP contribution in [0.4, 0.5) is 11.4 Å². The highest BCUT2D eigenvalue weighted by molar-refractivity contribution is 6.05. The molecule has 1 heterocycles. The summed E-state index contributed by atoms with van der Waals surface area (Å²) in [6, 6.07) is 13.7. The summed E-state index contributed by atoms with van der Waals surface area (Å²) >= 11 is 0. The summed E-state index contributed by atoms with van der Waals surface area (Å²) < 4.78 is 10.9. The van der Waals surface area contributed by atoms with Crippen molar-refractivity contribution in [3.63, 3.8) is 0 Å². The summed E-state index contributed by atoms with van der Waals surface area (Å²) in [6.07, 6.45) is 2.32. The molecule has 1 saturated heterocycles. The van der Waals surface area contributed by atoms with Gasteiger partial charge in [-0.25, -0.2) is 0 Å². The molecule has 0 saturated carbocycles. The van der Waals surface area contributed by atoms with Crippen LogP contribution in [0.5, 0.6) is 5.75 Å². The summed E-state index contributed by atoms with van der Waals surface area (Å²) in [6.45, 7) is 3.41. The fourth-order valence-electron chi connectivity index (χ4n) is 3.36. The van der Waals surface area contributed by atoms with Gasteiger partial charge in [-0.3, -0.25) is 14.5 Å². The monoisotopic (exact) mass is 411 g/mol. The first-order chi connectivity index (χ1) is 14.5. The van der Waals surface area contributed by atoms with E-state index in [0.29, 0.717) is 22.7 Å². The van der Waals surface area contributed by atoms with Gasteiger partial charge in [0.2, 0.25) is 5.91 Å². The number of carbonyl (C=O) groups excluding carboxylic acids is 2. The molecule has 0 aromatic heterocycles. The van der Waals surface area contributed by atoms with Gasteiger partial charge in [0, 0.05) is 24.4 Å². The van der Waals surface area contributed by atoms with Gasteiger partial charge in [-0.2, -0.15) is 0 Å². The van der Waals surface area contributed by atoms with Crippen LogP contribution in [0.2, 0.25) is 0 Å². The maximum Gasteiger partial charge on any atom is 0.255 e. The number of rotatable bonds is 8. The van der Waals surface area contributed by atoms with Crippen LogP contribution in [-0.4, -0.2) is 56.2 Å². The Morgan fingerprint density at radius 3 is 2.57 bits per heavy atom. The molecule has 160 valence electrons. The molecule has 0 spiro atoms. The fourth-order valence-corrected chi connectivity index (χ4v) is 3.36. The number of benzene rings is 2. The molecular weight excluding hydrogens is 382 g/mol. The van der Waals surface area contributed by atoms with Crippen LogP contribution in [0.25, 0.3) is 0 Å². The van der Waals surface area contributed by atoms with E-state index in [9.17, 15) is 9.59 Å². The van der Waals surface area contributed by atoms with Crippen molar-refractivity contribution in [3.05, 3.63) is 54.1 Å². The Hall–Kier alpha value is -2.90. The Balaban J connectivity index is 1.55. The van der Waals surface area contributed by atoms with Gasteiger partial charge in [-0.15, -0.1) is 0 Å². The van der Waals surface area contributed by atoms with E-state index in [1.807, 2.05) is 31.0 Å². The van der Waals surface area contributed by atoms with E-state index in [0.717, 1.165) is 26.0 Å². The molecule has 2 aromatic rings. The van der Waals surface area contributed by atoms with Crippen molar-refractivity contribution in [2.24, 2.45) is 0 Å². The van der Waals surface area contributed by atoms with E-state index in [2.05, 4.69) is 10.6 Å². The molecule has 2 N–H and O–H groups in total. The topological polar surface area (TPSA) is 79.9 Å². The second kappa shape index (κ2) is 10.2. The first-order valence-electron chi connectivity index (χ1n) is 10.1. The van der Waals surface area contributed by atoms with Gasteiger partial charge in [0.05, 0.1) is 24.9 Å². The second-order valence-corrected chi connectivity index (χ2v) is 7.47. The third-order valence-corrected chi connectivity index (χ3v) is 5.33. The zero-order valence-corrected chi connectivity index (χ0v) is 17.7. The summed E-state index contributed by atoms with van der Waals surface area (Å²) in [5.41, 5.74) is 1.74. The molecule has 7 heteroatoms. The predicted octanol–water partition coefficient (Wildman–Crippen LogP) is 3.39. The van der Waals surface area contributed by atoms with Crippen molar-refractivity contribution < 1.29 is 19.1 Å². The number of nitrogens with zero attached hydrogens (tertiary/aromatic N) is 1. The first-order valence-corrected chi connectivity index (χ1v) is 10.1. The van der Waals surface area contributed by atoms with Crippen molar-refractivity contribution in [2.45, 2.75) is 31.9 Å². The number of hydrogen-bond donors (Lipinski definition) is 2. The Bertz CT molecular complexity index is 863. The maximum absolute atomic E-state index is 12.6. The highest BCUT2D eigenvalue weighted by Crippen LogP contribution is 2.24. The average molecular weight is 412 g/mol. The van der Waals surface area contributed by atoms with E-state index in [-0.39, 0.29) is 24.0 Å². The number of ether oxygens (including phenoxy) is 2. The number of hydrogen-bond acceptors (Lipinski definition) is 5. The Morgan fingerprint density at radius 2 is 1.90 bits per heavy atom. The zero-order chi connectivity index (χ0) is 21.5. The standard InChI is InChI=1S/C23H29N3O4/c1-16(26(2)15-19-7-6-14-30-19)22(27)24-18-12-10-17(11-13-18)23(28)25-20-8-4-5-9-21(20)29-3/h4-5,8-13,16,19H,6-7,14-15H2,1-3H3,(H,24,27)(H,25,28). The van der Waals surface area contributed by atoms with E-state index in [1.54, 1.807) is 43.5 Å². The van der Waals surface area contributed by atoms with Gasteiger partial charge in [0.15, 0.2) is 0 Å². The number of methoxy groups -OCH3 is 1. The lowest BCUT2D eigenvalue weighted by molar-refractivity contribution is -0.120. The van der Waals surface area contributed by atoms with Crippen LogP contribution in [0.3, 0.4) is 0 Å². The Labute approximate surface area is 177 Å². The lowest BCUT2D eigenvalue weighted by Crippen LogP contribution is -2.43. The lowest BCUT2D eigenvalue weighted by Gasteiger charge is -2.26. The molecule has 2 amide bonds. The third kappa shape index (κ3) is 5.58. The van der Waals surface area contributed by atoms with Gasteiger partial charge in [-0.1, -0.05) is 12.1 Å². The highest BCUT2D eigenvalue weighted by Gasteiger charge is 2.23. The van der Waals surface area contributed by atoms with E-state index >= 15 is 0 Å². The minimum Gasteiger partial charge on any atom is -0.495 e. The maximum atomic E-state index is 12.6. The second-order valence-electron chi connectivity index (χ2n) is 7.47. The number of para-hydroxylation sites is 2. The van der Waals surface area contributed by atoms with Crippen LogP contribution >= 0.6 is 0 Å². The van der Waals surface area contributed by atoms with E-state index in [1.165, 1.54) is 0 Å². The van der Waals surface area contributed by atoms with E-state index in [4.69, 9.17) is 9.47 Å². The van der Waals surface area contributed by atoms with E-state index < -0.39 is 0 Å². The Morgan fingerprint density at radius 1 is 1.17 bits per heavy atom.